The molecule has 0 atom stereocenters. The minimum atomic E-state index is -0.654. The smallest absolute Gasteiger partial charge is 0.344 e. The molecule has 9 heteroatoms. The van der Waals surface area contributed by atoms with Crippen molar-refractivity contribution in [2.24, 2.45) is 0 Å². The third-order valence-electron chi connectivity index (χ3n) is 4.17. The van der Waals surface area contributed by atoms with E-state index in [1.54, 1.807) is 31.2 Å². The Morgan fingerprint density at radius 2 is 2.00 bits per heavy atom. The van der Waals surface area contributed by atoms with E-state index in [0.717, 1.165) is 4.90 Å². The van der Waals surface area contributed by atoms with Crippen LogP contribution in [0.5, 0.6) is 5.75 Å². The largest absolute Gasteiger partial charge is 0.481 e. The van der Waals surface area contributed by atoms with Gasteiger partial charge in [-0.3, -0.25) is 9.69 Å². The highest BCUT2D eigenvalue weighted by molar-refractivity contribution is 9.10. The van der Waals surface area contributed by atoms with E-state index < -0.39 is 23.7 Å². The molecule has 0 saturated carbocycles. The Hall–Kier alpha value is -3.20. The van der Waals surface area contributed by atoms with Crippen molar-refractivity contribution in [3.63, 3.8) is 0 Å². The zero-order chi connectivity index (χ0) is 21.7. The van der Waals surface area contributed by atoms with Crippen LogP contribution < -0.4 is 10.1 Å². The second-order valence-electron chi connectivity index (χ2n) is 6.25. The van der Waals surface area contributed by atoms with Crippen LogP contribution in [0.25, 0.3) is 6.08 Å². The molecule has 1 N–H and O–H groups in total. The van der Waals surface area contributed by atoms with Crippen molar-refractivity contribution in [3.05, 3.63) is 69.6 Å². The molecule has 1 fully saturated rings. The fourth-order valence-corrected chi connectivity index (χ4v) is 3.15. The summed E-state index contributed by atoms with van der Waals surface area (Å²) in [5.41, 5.74) is 0.698. The number of benzene rings is 2. The maximum Gasteiger partial charge on any atom is 0.344 e. The van der Waals surface area contributed by atoms with E-state index >= 15 is 0 Å². The third kappa shape index (κ3) is 5.04. The lowest BCUT2D eigenvalue weighted by Crippen LogP contribution is -2.30. The average molecular weight is 477 g/mol. The number of carbonyl (C=O) groups excluding carboxylic acids is 3. The molecule has 156 valence electrons. The zero-order valence-corrected chi connectivity index (χ0v) is 17.6. The quantitative estimate of drug-likeness (QED) is 0.374. The van der Waals surface area contributed by atoms with Crippen LogP contribution in [0.2, 0.25) is 0 Å². The zero-order valence-electron chi connectivity index (χ0n) is 16.0. The summed E-state index contributed by atoms with van der Waals surface area (Å²) in [6.07, 6.45) is 1.44. The number of esters is 1. The van der Waals surface area contributed by atoms with Gasteiger partial charge in [-0.25, -0.2) is 14.0 Å². The molecular formula is C21H18BrFN2O5. The first-order valence-electron chi connectivity index (χ1n) is 9.05. The second-order valence-corrected chi connectivity index (χ2v) is 7.16. The van der Waals surface area contributed by atoms with Gasteiger partial charge in [-0.1, -0.05) is 34.1 Å². The van der Waals surface area contributed by atoms with Crippen LogP contribution in [0.4, 0.5) is 9.18 Å². The number of amides is 3. The minimum absolute atomic E-state index is 0.00965. The minimum Gasteiger partial charge on any atom is -0.481 e. The topological polar surface area (TPSA) is 84.9 Å². The molecule has 0 spiro atoms. The number of rotatable bonds is 7. The van der Waals surface area contributed by atoms with Crippen molar-refractivity contribution in [1.82, 2.24) is 10.2 Å². The number of hydrogen-bond acceptors (Lipinski definition) is 5. The lowest BCUT2D eigenvalue weighted by molar-refractivity contribution is -0.145. The standard InChI is InChI=1S/C21H18BrFN2O5/c1-2-29-19(26)12-30-18-8-7-15(22)9-14(18)10-17-20(27)25(21(28)24-17)11-13-5-3-4-6-16(13)23/h3-10H,2,11-12H2,1H3,(H,24,28)/b17-10+. The van der Waals surface area contributed by atoms with Crippen molar-refractivity contribution < 1.29 is 28.2 Å². The van der Waals surface area contributed by atoms with Crippen molar-refractivity contribution in [3.8, 4) is 5.75 Å². The summed E-state index contributed by atoms with van der Waals surface area (Å²) < 4.78 is 24.9. The van der Waals surface area contributed by atoms with Gasteiger partial charge in [0.15, 0.2) is 6.61 Å². The third-order valence-corrected chi connectivity index (χ3v) is 4.66. The SMILES string of the molecule is CCOC(=O)COc1ccc(Br)cc1/C=C1/NC(=O)N(Cc2ccccc2F)C1=O. The van der Waals surface area contributed by atoms with Crippen molar-refractivity contribution in [2.75, 3.05) is 13.2 Å². The van der Waals surface area contributed by atoms with Crippen LogP contribution in [-0.4, -0.2) is 36.0 Å². The first kappa shape index (κ1) is 21.5. The van der Waals surface area contributed by atoms with Gasteiger partial charge in [-0.15, -0.1) is 0 Å². The Labute approximate surface area is 180 Å². The van der Waals surface area contributed by atoms with Gasteiger partial charge >= 0.3 is 12.0 Å². The highest BCUT2D eigenvalue weighted by Crippen LogP contribution is 2.27. The van der Waals surface area contributed by atoms with Gasteiger partial charge in [0, 0.05) is 15.6 Å². The Morgan fingerprint density at radius 1 is 1.23 bits per heavy atom. The molecule has 1 heterocycles. The van der Waals surface area contributed by atoms with Gasteiger partial charge in [0.25, 0.3) is 5.91 Å². The molecular weight excluding hydrogens is 459 g/mol. The second kappa shape index (κ2) is 9.53. The lowest BCUT2D eigenvalue weighted by atomic mass is 10.1. The van der Waals surface area contributed by atoms with Crippen LogP contribution in [0.15, 0.2) is 52.6 Å². The summed E-state index contributed by atoms with van der Waals surface area (Å²) in [6.45, 7) is 1.43. The van der Waals surface area contributed by atoms with Crippen LogP contribution in [0.1, 0.15) is 18.1 Å². The van der Waals surface area contributed by atoms with Crippen LogP contribution >= 0.6 is 15.9 Å². The maximum atomic E-state index is 13.9. The van der Waals surface area contributed by atoms with E-state index in [1.165, 1.54) is 24.3 Å². The summed E-state index contributed by atoms with van der Waals surface area (Å²) in [5.74, 6) is -1.30. The van der Waals surface area contributed by atoms with Crippen molar-refractivity contribution in [1.29, 1.82) is 0 Å². The number of nitrogens with zero attached hydrogens (tertiary/aromatic N) is 1. The van der Waals surface area contributed by atoms with E-state index in [-0.39, 0.29) is 31.0 Å². The summed E-state index contributed by atoms with van der Waals surface area (Å²) in [5, 5.41) is 2.49. The Morgan fingerprint density at radius 3 is 2.73 bits per heavy atom. The van der Waals surface area contributed by atoms with Crippen LogP contribution in [0.3, 0.4) is 0 Å². The first-order valence-corrected chi connectivity index (χ1v) is 9.84. The number of carbonyl (C=O) groups is 3. The number of nitrogens with one attached hydrogen (secondary N) is 1. The predicted octanol–water partition coefficient (Wildman–Crippen LogP) is 3.62. The highest BCUT2D eigenvalue weighted by atomic mass is 79.9. The van der Waals surface area contributed by atoms with Crippen molar-refractivity contribution >= 4 is 39.9 Å². The van der Waals surface area contributed by atoms with E-state index in [0.29, 0.717) is 15.8 Å². The van der Waals surface area contributed by atoms with Gasteiger partial charge in [0.05, 0.1) is 13.2 Å². The molecule has 0 aromatic heterocycles. The molecule has 0 radical (unpaired) electrons. The summed E-state index contributed by atoms with van der Waals surface area (Å²) in [4.78, 5) is 37.5. The molecule has 3 rings (SSSR count). The first-order chi connectivity index (χ1) is 14.4. The monoisotopic (exact) mass is 476 g/mol. The van der Waals surface area contributed by atoms with Crippen molar-refractivity contribution in [2.45, 2.75) is 13.5 Å². The fourth-order valence-electron chi connectivity index (χ4n) is 2.77. The molecule has 0 bridgehead atoms. The predicted molar refractivity (Wildman–Crippen MR) is 110 cm³/mol. The van der Waals surface area contributed by atoms with Crippen LogP contribution in [0, 0.1) is 5.82 Å². The normalized spacial score (nSPS) is 14.8. The van der Waals surface area contributed by atoms with E-state index in [4.69, 9.17) is 9.47 Å². The average Bonchev–Trinajstić information content (AvgIpc) is 2.96. The molecule has 1 aliphatic rings. The highest BCUT2D eigenvalue weighted by Gasteiger charge is 2.34. The van der Waals surface area contributed by atoms with E-state index in [1.807, 2.05) is 0 Å². The molecule has 3 amide bonds. The molecule has 0 aliphatic carbocycles. The van der Waals surface area contributed by atoms with Gasteiger partial charge in [0.1, 0.15) is 17.3 Å². The molecule has 2 aromatic carbocycles. The number of imide groups is 1. The van der Waals surface area contributed by atoms with Gasteiger partial charge in [-0.2, -0.15) is 0 Å². The van der Waals surface area contributed by atoms with Gasteiger partial charge in [0.2, 0.25) is 0 Å². The Kier molecular flexibility index (Phi) is 6.83. The van der Waals surface area contributed by atoms with Crippen LogP contribution in [-0.2, 0) is 20.9 Å². The Balaban J connectivity index is 1.82. The Bertz CT molecular complexity index is 1020. The molecule has 7 nitrogen and oxygen atoms in total. The lowest BCUT2D eigenvalue weighted by Gasteiger charge is -2.12. The van der Waals surface area contributed by atoms with Gasteiger partial charge < -0.3 is 14.8 Å². The van der Waals surface area contributed by atoms with E-state index in [9.17, 15) is 18.8 Å². The molecule has 1 saturated heterocycles. The molecule has 30 heavy (non-hydrogen) atoms. The number of ether oxygens (including phenoxy) is 2. The summed E-state index contributed by atoms with van der Waals surface area (Å²) in [6, 6.07) is 10.3. The number of halogens is 2. The number of urea groups is 1. The molecule has 1 aliphatic heterocycles. The molecule has 2 aromatic rings. The number of hydrogen-bond donors (Lipinski definition) is 1. The van der Waals surface area contributed by atoms with Gasteiger partial charge in [-0.05, 0) is 37.3 Å². The molecule has 0 unspecified atom stereocenters. The van der Waals surface area contributed by atoms with E-state index in [2.05, 4.69) is 21.2 Å². The summed E-state index contributed by atoms with van der Waals surface area (Å²) >= 11 is 3.34. The summed E-state index contributed by atoms with van der Waals surface area (Å²) in [7, 11) is 0. The fraction of sp³-hybridized carbons (Fsp3) is 0.190. The maximum absolute atomic E-state index is 13.9.